The zero-order valence-corrected chi connectivity index (χ0v) is 22.1. The second-order valence-corrected chi connectivity index (χ2v) is 10.4. The zero-order chi connectivity index (χ0) is 36.7. The van der Waals surface area contributed by atoms with Crippen molar-refractivity contribution in [2.24, 2.45) is 0 Å². The van der Waals surface area contributed by atoms with Gasteiger partial charge in [0, 0.05) is 37.9 Å². The van der Waals surface area contributed by atoms with Gasteiger partial charge in [-0.15, -0.1) is 11.3 Å². The molecule has 0 N–H and O–H groups in total. The highest BCUT2D eigenvalue weighted by Crippen LogP contribution is 2.46. The Labute approximate surface area is 257 Å². The Morgan fingerprint density at radius 3 is 2.00 bits per heavy atom. The molecule has 192 valence electrons. The summed E-state index contributed by atoms with van der Waals surface area (Å²) in [5.41, 5.74) is 3.31. The van der Waals surface area contributed by atoms with Gasteiger partial charge in [0.2, 0.25) is 0 Å². The van der Waals surface area contributed by atoms with Gasteiger partial charge >= 0.3 is 0 Å². The van der Waals surface area contributed by atoms with Crippen LogP contribution in [0.4, 0.5) is 0 Å². The summed E-state index contributed by atoms with van der Waals surface area (Å²) in [5, 5.41) is 3.32. The highest BCUT2D eigenvalue weighted by atomic mass is 32.1. The lowest BCUT2D eigenvalue weighted by atomic mass is 9.92. The topological polar surface area (TPSA) is 25.8 Å². The molecule has 8 rings (SSSR count). The number of rotatable bonds is 4. The van der Waals surface area contributed by atoms with Gasteiger partial charge in [0.1, 0.15) is 0 Å². The number of nitrogens with zero attached hydrogens (tertiary/aromatic N) is 2. The Morgan fingerprint density at radius 2 is 1.22 bits per heavy atom. The molecule has 0 aliphatic carbocycles. The van der Waals surface area contributed by atoms with Gasteiger partial charge in [-0.3, -0.25) is 4.98 Å². The Morgan fingerprint density at radius 1 is 0.561 bits per heavy atom. The molecule has 5 aromatic carbocycles. The van der Waals surface area contributed by atoms with Crippen LogP contribution in [-0.2, 0) is 0 Å². The highest BCUT2D eigenvalue weighted by molar-refractivity contribution is 7.19. The van der Waals surface area contributed by atoms with E-state index < -0.39 is 60.4 Å². The number of hydrogen-bond acceptors (Lipinski definition) is 3. The SMILES string of the molecule is [2H]c1c([2H])c([2H])c(-c2sc(-c3c([2H])c([2H])c([2H])c([2H])c3[2H])c(-c3ccc(-c4ccc5ccc6cccnc6c5n4)c4ccccc34)c2[2H])c([2H])c1[2H]. The lowest BCUT2D eigenvalue weighted by Gasteiger charge is -2.13. The molecule has 8 aromatic rings. The average molecular weight is 552 g/mol. The molecule has 0 saturated heterocycles. The molecule has 3 heteroatoms. The van der Waals surface area contributed by atoms with Gasteiger partial charge in [0.05, 0.1) is 31.8 Å². The van der Waals surface area contributed by atoms with Crippen molar-refractivity contribution in [2.75, 3.05) is 0 Å². The Hall–Kier alpha value is -5.12. The molecule has 0 radical (unpaired) electrons. The molecule has 0 atom stereocenters. The summed E-state index contributed by atoms with van der Waals surface area (Å²) in [5.74, 6) is 0. The molecule has 0 aliphatic heterocycles. The molecular formula is C38H24N2S. The average Bonchev–Trinajstić information content (AvgIpc) is 3.49. The summed E-state index contributed by atoms with van der Waals surface area (Å²) in [6.07, 6.45) is 1.73. The summed E-state index contributed by atoms with van der Waals surface area (Å²) in [7, 11) is 0. The van der Waals surface area contributed by atoms with Gasteiger partial charge in [-0.1, -0.05) is 121 Å². The molecule has 0 fully saturated rings. The highest BCUT2D eigenvalue weighted by Gasteiger charge is 2.18. The fraction of sp³-hybridized carbons (Fsp3) is 0. The van der Waals surface area contributed by atoms with Crippen molar-refractivity contribution in [2.45, 2.75) is 0 Å². The van der Waals surface area contributed by atoms with Crippen molar-refractivity contribution in [3.8, 4) is 43.3 Å². The lowest BCUT2D eigenvalue weighted by Crippen LogP contribution is -1.91. The lowest BCUT2D eigenvalue weighted by molar-refractivity contribution is 1.37. The largest absolute Gasteiger partial charge is 0.254 e. The van der Waals surface area contributed by atoms with Crippen molar-refractivity contribution in [1.29, 1.82) is 0 Å². The predicted octanol–water partition coefficient (Wildman–Crippen LogP) is 10.7. The van der Waals surface area contributed by atoms with Gasteiger partial charge < -0.3 is 0 Å². The van der Waals surface area contributed by atoms with Gasteiger partial charge in [-0.25, -0.2) is 4.98 Å². The molecule has 3 heterocycles. The first kappa shape index (κ1) is 15.0. The van der Waals surface area contributed by atoms with E-state index in [0.717, 1.165) is 44.1 Å². The summed E-state index contributed by atoms with van der Waals surface area (Å²) >= 11 is 0.859. The number of hydrogen-bond donors (Lipinski definition) is 0. The molecule has 0 bridgehead atoms. The second-order valence-electron chi connectivity index (χ2n) is 9.38. The smallest absolute Gasteiger partial charge is 0.0972 e. The second kappa shape index (κ2) is 9.81. The number of benzene rings is 5. The summed E-state index contributed by atoms with van der Waals surface area (Å²) in [6.45, 7) is 0. The standard InChI is InChI=1S/C38H24N2S/c1-3-10-25(11-4-1)35-24-33(38(41-35)28-12-5-2-6-13-28)31-20-21-32(30-16-8-7-15-29(30)31)34-22-19-27-18-17-26-14-9-23-39-36(26)37(27)40-34/h1-24H/i1D,2D,3D,4D,5D,6D,10D,11D,12D,13D,24D. The quantitative estimate of drug-likeness (QED) is 0.203. The number of thiophene rings is 1. The van der Waals surface area contributed by atoms with Gasteiger partial charge in [-0.05, 0) is 45.6 Å². The summed E-state index contributed by atoms with van der Waals surface area (Å²) in [6, 6.07) is 17.3. The van der Waals surface area contributed by atoms with E-state index in [2.05, 4.69) is 4.98 Å². The fourth-order valence-corrected chi connectivity index (χ4v) is 6.20. The van der Waals surface area contributed by atoms with Crippen LogP contribution in [-0.4, -0.2) is 9.97 Å². The number of aromatic nitrogens is 2. The number of pyridine rings is 2. The minimum absolute atomic E-state index is 0.0116. The van der Waals surface area contributed by atoms with Crippen LogP contribution in [0.5, 0.6) is 0 Å². The first-order chi connectivity index (χ1) is 24.9. The maximum atomic E-state index is 9.53. The van der Waals surface area contributed by atoms with Crippen LogP contribution < -0.4 is 0 Å². The molecule has 2 nitrogen and oxygen atoms in total. The Bertz CT molecular complexity index is 2780. The van der Waals surface area contributed by atoms with E-state index in [9.17, 15) is 1.37 Å². The Kier molecular flexibility index (Phi) is 3.60. The normalized spacial score (nSPS) is 15.2. The first-order valence-electron chi connectivity index (χ1n) is 18.4. The van der Waals surface area contributed by atoms with E-state index >= 15 is 0 Å². The molecule has 0 amide bonds. The third-order valence-corrected chi connectivity index (χ3v) is 8.15. The maximum Gasteiger partial charge on any atom is 0.0972 e. The van der Waals surface area contributed by atoms with E-state index in [1.807, 2.05) is 66.7 Å². The van der Waals surface area contributed by atoms with E-state index in [1.54, 1.807) is 12.3 Å². The van der Waals surface area contributed by atoms with E-state index in [-0.39, 0.29) is 32.5 Å². The van der Waals surface area contributed by atoms with Crippen LogP contribution in [0.3, 0.4) is 0 Å². The van der Waals surface area contributed by atoms with Gasteiger partial charge in [0.25, 0.3) is 0 Å². The molecule has 0 unspecified atom stereocenters. The first-order valence-corrected chi connectivity index (χ1v) is 13.7. The van der Waals surface area contributed by atoms with Crippen molar-refractivity contribution in [3.63, 3.8) is 0 Å². The maximum absolute atomic E-state index is 9.53. The van der Waals surface area contributed by atoms with Crippen molar-refractivity contribution in [1.82, 2.24) is 9.97 Å². The van der Waals surface area contributed by atoms with Gasteiger partial charge in [-0.2, -0.15) is 0 Å². The van der Waals surface area contributed by atoms with Crippen LogP contribution in [0.15, 0.2) is 145 Å². The van der Waals surface area contributed by atoms with Crippen molar-refractivity contribution >= 4 is 43.9 Å². The minimum Gasteiger partial charge on any atom is -0.254 e. The van der Waals surface area contributed by atoms with Crippen molar-refractivity contribution in [3.05, 3.63) is 145 Å². The fourth-order valence-electron chi connectivity index (χ4n) is 5.17. The van der Waals surface area contributed by atoms with Crippen LogP contribution in [0, 0.1) is 0 Å². The van der Waals surface area contributed by atoms with E-state index in [1.165, 1.54) is 0 Å². The zero-order valence-electron chi connectivity index (χ0n) is 32.3. The molecule has 0 spiro atoms. The van der Waals surface area contributed by atoms with Crippen LogP contribution >= 0.6 is 11.3 Å². The third-order valence-electron chi connectivity index (χ3n) is 7.03. The van der Waals surface area contributed by atoms with E-state index in [4.69, 9.17) is 18.7 Å². The van der Waals surface area contributed by atoms with E-state index in [0.29, 0.717) is 16.6 Å². The molecule has 0 aliphatic rings. The third kappa shape index (κ3) is 4.10. The summed E-state index contributed by atoms with van der Waals surface area (Å²) in [4.78, 5) is 9.78. The van der Waals surface area contributed by atoms with Crippen LogP contribution in [0.1, 0.15) is 15.1 Å². The molecule has 41 heavy (non-hydrogen) atoms. The summed E-state index contributed by atoms with van der Waals surface area (Å²) < 4.78 is 94.2. The van der Waals surface area contributed by atoms with Crippen LogP contribution in [0.25, 0.3) is 75.8 Å². The molecular weight excluding hydrogens is 516 g/mol. The number of fused-ring (bicyclic) bond motifs is 4. The Balaban J connectivity index is 1.45. The van der Waals surface area contributed by atoms with Crippen molar-refractivity contribution < 1.29 is 15.1 Å². The monoisotopic (exact) mass is 551 g/mol. The van der Waals surface area contributed by atoms with Crippen LogP contribution in [0.2, 0.25) is 0 Å². The predicted molar refractivity (Wildman–Crippen MR) is 174 cm³/mol. The molecule has 3 aromatic heterocycles. The minimum atomic E-state index is -0.583. The molecule has 0 saturated carbocycles. The van der Waals surface area contributed by atoms with Gasteiger partial charge in [0.15, 0.2) is 0 Å².